The number of nitrogens with zero attached hydrogens (tertiary/aromatic N) is 3. The maximum atomic E-state index is 11.8. The summed E-state index contributed by atoms with van der Waals surface area (Å²) in [5, 5.41) is 11.7. The first-order valence-electron chi connectivity index (χ1n) is 7.68. The summed E-state index contributed by atoms with van der Waals surface area (Å²) in [6.07, 6.45) is 1.02. The van der Waals surface area contributed by atoms with Gasteiger partial charge >= 0.3 is 11.9 Å². The summed E-state index contributed by atoms with van der Waals surface area (Å²) in [5.41, 5.74) is 2.66. The molecule has 1 N–H and O–H groups in total. The first kappa shape index (κ1) is 17.2. The van der Waals surface area contributed by atoms with Crippen LogP contribution in [0.3, 0.4) is 0 Å². The number of carbonyl (C=O) groups excluding carboxylic acids is 2. The summed E-state index contributed by atoms with van der Waals surface area (Å²) in [6, 6.07) is 14.7. The second-order valence-corrected chi connectivity index (χ2v) is 5.23. The molecule has 0 spiro atoms. The molecule has 26 heavy (non-hydrogen) atoms. The third-order valence-corrected chi connectivity index (χ3v) is 3.52. The minimum absolute atomic E-state index is 0.0471. The van der Waals surface area contributed by atoms with Gasteiger partial charge in [-0.05, 0) is 30.3 Å². The smallest absolute Gasteiger partial charge is 0.354 e. The molecule has 0 unspecified atom stereocenters. The number of rotatable bonds is 5. The molecule has 8 heteroatoms. The van der Waals surface area contributed by atoms with Crippen LogP contribution in [0.1, 0.15) is 0 Å². The standard InChI is InChI=1S/C18H16N4O4/c1-25-17(23)11-16(18(24)26-2)19-12-8-9-14-15(10-12)21-22(20-14)13-6-4-3-5-7-13/h3-11,19H,1-2H3/b16-11+. The number of para-hydroxylation sites is 1. The largest absolute Gasteiger partial charge is 0.466 e. The predicted octanol–water partition coefficient (Wildman–Crippen LogP) is 2.06. The van der Waals surface area contributed by atoms with Gasteiger partial charge in [0.15, 0.2) is 0 Å². The molecule has 0 saturated heterocycles. The number of anilines is 1. The van der Waals surface area contributed by atoms with Gasteiger partial charge in [-0.15, -0.1) is 10.2 Å². The highest BCUT2D eigenvalue weighted by Crippen LogP contribution is 2.19. The van der Waals surface area contributed by atoms with Crippen LogP contribution in [0.4, 0.5) is 5.69 Å². The van der Waals surface area contributed by atoms with E-state index in [-0.39, 0.29) is 5.70 Å². The van der Waals surface area contributed by atoms with Crippen molar-refractivity contribution in [2.75, 3.05) is 19.5 Å². The minimum Gasteiger partial charge on any atom is -0.466 e. The Hall–Kier alpha value is -3.68. The zero-order chi connectivity index (χ0) is 18.5. The Kier molecular flexibility index (Phi) is 4.93. The number of hydrogen-bond acceptors (Lipinski definition) is 7. The lowest BCUT2D eigenvalue weighted by molar-refractivity contribution is -0.138. The topological polar surface area (TPSA) is 95.3 Å². The fourth-order valence-electron chi connectivity index (χ4n) is 2.26. The first-order chi connectivity index (χ1) is 12.6. The summed E-state index contributed by atoms with van der Waals surface area (Å²) in [6.45, 7) is 0. The van der Waals surface area contributed by atoms with Gasteiger partial charge in [0.25, 0.3) is 0 Å². The van der Waals surface area contributed by atoms with Gasteiger partial charge < -0.3 is 14.8 Å². The van der Waals surface area contributed by atoms with Crippen LogP contribution < -0.4 is 5.32 Å². The van der Waals surface area contributed by atoms with Crippen molar-refractivity contribution in [3.63, 3.8) is 0 Å². The number of hydrogen-bond donors (Lipinski definition) is 1. The van der Waals surface area contributed by atoms with E-state index in [9.17, 15) is 9.59 Å². The fraction of sp³-hybridized carbons (Fsp3) is 0.111. The lowest BCUT2D eigenvalue weighted by atomic mass is 10.2. The quantitative estimate of drug-likeness (QED) is 0.555. The van der Waals surface area contributed by atoms with Crippen LogP contribution in [-0.4, -0.2) is 41.2 Å². The molecule has 0 aliphatic rings. The second kappa shape index (κ2) is 7.47. The summed E-state index contributed by atoms with van der Waals surface area (Å²) in [4.78, 5) is 24.8. The average Bonchev–Trinajstić information content (AvgIpc) is 3.10. The van der Waals surface area contributed by atoms with Crippen molar-refractivity contribution in [3.05, 3.63) is 60.3 Å². The summed E-state index contributed by atoms with van der Waals surface area (Å²) in [5.74, 6) is -1.36. The Bertz CT molecular complexity index is 979. The van der Waals surface area contributed by atoms with Gasteiger partial charge in [0, 0.05) is 5.69 Å². The van der Waals surface area contributed by atoms with Crippen molar-refractivity contribution in [3.8, 4) is 5.69 Å². The van der Waals surface area contributed by atoms with E-state index >= 15 is 0 Å². The van der Waals surface area contributed by atoms with Gasteiger partial charge in [0.2, 0.25) is 0 Å². The van der Waals surface area contributed by atoms with E-state index in [1.54, 1.807) is 18.2 Å². The molecule has 0 aliphatic carbocycles. The Balaban J connectivity index is 1.92. The summed E-state index contributed by atoms with van der Waals surface area (Å²) < 4.78 is 9.22. The van der Waals surface area contributed by atoms with Crippen molar-refractivity contribution in [1.29, 1.82) is 0 Å². The molecule has 0 radical (unpaired) electrons. The van der Waals surface area contributed by atoms with Gasteiger partial charge in [-0.3, -0.25) is 0 Å². The highest BCUT2D eigenvalue weighted by Gasteiger charge is 2.14. The van der Waals surface area contributed by atoms with Gasteiger partial charge in [-0.1, -0.05) is 18.2 Å². The number of ether oxygens (including phenoxy) is 2. The van der Waals surface area contributed by atoms with Crippen LogP contribution in [0.15, 0.2) is 60.3 Å². The molecule has 8 nitrogen and oxygen atoms in total. The Morgan fingerprint density at radius 2 is 1.73 bits per heavy atom. The molecule has 1 heterocycles. The number of nitrogens with one attached hydrogen (secondary N) is 1. The van der Waals surface area contributed by atoms with Crippen LogP contribution in [0, 0.1) is 0 Å². The Morgan fingerprint density at radius 1 is 1.00 bits per heavy atom. The molecular weight excluding hydrogens is 336 g/mol. The molecule has 0 aliphatic heterocycles. The van der Waals surface area contributed by atoms with Gasteiger partial charge in [-0.25, -0.2) is 9.59 Å². The third kappa shape index (κ3) is 3.69. The van der Waals surface area contributed by atoms with E-state index in [1.165, 1.54) is 19.0 Å². The molecule has 1 aromatic heterocycles. The SMILES string of the molecule is COC(=O)/C=C(/Nc1ccc2nn(-c3ccccc3)nc2c1)C(=O)OC. The van der Waals surface area contributed by atoms with E-state index in [4.69, 9.17) is 0 Å². The summed E-state index contributed by atoms with van der Waals surface area (Å²) >= 11 is 0. The molecule has 0 atom stereocenters. The molecular formula is C18H16N4O4. The van der Waals surface area contributed by atoms with Crippen LogP contribution >= 0.6 is 0 Å². The molecule has 0 amide bonds. The highest BCUT2D eigenvalue weighted by atomic mass is 16.5. The molecule has 0 saturated carbocycles. The molecule has 0 bridgehead atoms. The summed E-state index contributed by atoms with van der Waals surface area (Å²) in [7, 11) is 2.45. The maximum Gasteiger partial charge on any atom is 0.354 e. The number of fused-ring (bicyclic) bond motifs is 1. The molecule has 3 aromatic rings. The van der Waals surface area contributed by atoms with Crippen molar-refractivity contribution in [1.82, 2.24) is 15.0 Å². The zero-order valence-corrected chi connectivity index (χ0v) is 14.2. The van der Waals surface area contributed by atoms with Crippen LogP contribution in [0.5, 0.6) is 0 Å². The van der Waals surface area contributed by atoms with Crippen LogP contribution in [0.25, 0.3) is 16.7 Å². The first-order valence-corrected chi connectivity index (χ1v) is 7.68. The van der Waals surface area contributed by atoms with Crippen LogP contribution in [-0.2, 0) is 19.1 Å². The van der Waals surface area contributed by atoms with E-state index in [1.807, 2.05) is 30.3 Å². The molecule has 0 fully saturated rings. The lowest BCUT2D eigenvalue weighted by Crippen LogP contribution is -2.15. The number of methoxy groups -OCH3 is 2. The molecule has 3 rings (SSSR count). The van der Waals surface area contributed by atoms with Gasteiger partial charge in [-0.2, -0.15) is 4.80 Å². The van der Waals surface area contributed by atoms with Crippen molar-refractivity contribution < 1.29 is 19.1 Å². The number of benzene rings is 2. The zero-order valence-electron chi connectivity index (χ0n) is 14.2. The van der Waals surface area contributed by atoms with Crippen molar-refractivity contribution in [2.45, 2.75) is 0 Å². The lowest BCUT2D eigenvalue weighted by Gasteiger charge is -2.08. The number of esters is 2. The van der Waals surface area contributed by atoms with E-state index < -0.39 is 11.9 Å². The third-order valence-electron chi connectivity index (χ3n) is 3.52. The van der Waals surface area contributed by atoms with Gasteiger partial charge in [0.1, 0.15) is 16.7 Å². The normalized spacial score (nSPS) is 11.2. The maximum absolute atomic E-state index is 11.8. The monoisotopic (exact) mass is 352 g/mol. The van der Waals surface area contributed by atoms with E-state index in [0.29, 0.717) is 16.7 Å². The van der Waals surface area contributed by atoms with Gasteiger partial charge in [0.05, 0.1) is 26.0 Å². The Labute approximate surface area is 149 Å². The average molecular weight is 352 g/mol. The van der Waals surface area contributed by atoms with Crippen molar-refractivity contribution in [2.24, 2.45) is 0 Å². The van der Waals surface area contributed by atoms with E-state index in [0.717, 1.165) is 11.8 Å². The second-order valence-electron chi connectivity index (χ2n) is 5.23. The molecule has 2 aromatic carbocycles. The fourth-order valence-corrected chi connectivity index (χ4v) is 2.26. The molecule has 132 valence electrons. The van der Waals surface area contributed by atoms with Crippen molar-refractivity contribution >= 4 is 28.7 Å². The Morgan fingerprint density at radius 3 is 2.42 bits per heavy atom. The van der Waals surface area contributed by atoms with E-state index in [2.05, 4.69) is 25.0 Å². The predicted molar refractivity (Wildman–Crippen MR) is 94.6 cm³/mol. The number of aromatic nitrogens is 3. The van der Waals surface area contributed by atoms with Crippen LogP contribution in [0.2, 0.25) is 0 Å². The number of carbonyl (C=O) groups is 2. The minimum atomic E-state index is -0.691. The highest BCUT2D eigenvalue weighted by molar-refractivity contribution is 5.99.